The van der Waals surface area contributed by atoms with Gasteiger partial charge >= 0.3 is 0 Å². The number of benzene rings is 3. The smallest absolute Gasteiger partial charge is 0.228 e. The number of carbonyl (C=O) groups excluding carboxylic acids is 2. The molecule has 1 heterocycles. The molecule has 0 saturated carbocycles. The van der Waals surface area contributed by atoms with E-state index in [0.29, 0.717) is 17.7 Å². The van der Waals surface area contributed by atoms with Crippen LogP contribution in [0.1, 0.15) is 34.8 Å². The minimum atomic E-state index is -0.155. The summed E-state index contributed by atoms with van der Waals surface area (Å²) < 4.78 is 0. The van der Waals surface area contributed by atoms with Crippen molar-refractivity contribution >= 4 is 39.7 Å². The number of ketones is 1. The molecule has 0 atom stereocenters. The van der Waals surface area contributed by atoms with Crippen LogP contribution in [0.25, 0.3) is 10.9 Å². The standard InChI is InChI=1S/C27H25N3O2/c1-3-25(31)21-8-4-7-11-24(21)30-26(32)16-19-12-14-20(15-13-19)29-27-18(2)17-28-23-10-6-5-9-22(23)27/h4-15,17H,3,16H2,1-2H3,(H,28,29)(H,30,32). The quantitative estimate of drug-likeness (QED) is 0.354. The summed E-state index contributed by atoms with van der Waals surface area (Å²) in [6.07, 6.45) is 2.49. The molecular weight excluding hydrogens is 398 g/mol. The van der Waals surface area contributed by atoms with Crippen LogP contribution in [0.15, 0.2) is 79.0 Å². The fourth-order valence-corrected chi connectivity index (χ4v) is 3.66. The van der Waals surface area contributed by atoms with Gasteiger partial charge in [0.05, 0.1) is 23.3 Å². The van der Waals surface area contributed by atoms with Crippen molar-refractivity contribution in [1.82, 2.24) is 4.98 Å². The van der Waals surface area contributed by atoms with Gasteiger partial charge in [-0.2, -0.15) is 0 Å². The number of aromatic nitrogens is 1. The average molecular weight is 424 g/mol. The van der Waals surface area contributed by atoms with E-state index in [1.165, 1.54) is 0 Å². The van der Waals surface area contributed by atoms with Crippen molar-refractivity contribution < 1.29 is 9.59 Å². The van der Waals surface area contributed by atoms with Crippen LogP contribution in [0.5, 0.6) is 0 Å². The molecule has 0 aliphatic heterocycles. The molecule has 0 aliphatic rings. The zero-order chi connectivity index (χ0) is 22.5. The van der Waals surface area contributed by atoms with Gasteiger partial charge in [0, 0.05) is 29.3 Å². The van der Waals surface area contributed by atoms with E-state index in [1.807, 2.05) is 68.6 Å². The lowest BCUT2D eigenvalue weighted by molar-refractivity contribution is -0.115. The Bertz CT molecular complexity index is 1280. The Labute approximate surface area is 187 Å². The van der Waals surface area contributed by atoms with E-state index in [0.717, 1.165) is 33.4 Å². The molecule has 0 aliphatic carbocycles. The lowest BCUT2D eigenvalue weighted by atomic mass is 10.1. The molecule has 1 aromatic heterocycles. The maximum absolute atomic E-state index is 12.6. The van der Waals surface area contributed by atoms with Gasteiger partial charge < -0.3 is 10.6 Å². The summed E-state index contributed by atoms with van der Waals surface area (Å²) in [7, 11) is 0. The molecule has 2 N–H and O–H groups in total. The number of para-hydroxylation sites is 2. The van der Waals surface area contributed by atoms with E-state index in [9.17, 15) is 9.59 Å². The largest absolute Gasteiger partial charge is 0.355 e. The predicted octanol–water partition coefficient (Wildman–Crippen LogP) is 6.06. The van der Waals surface area contributed by atoms with Gasteiger partial charge in [0.1, 0.15) is 0 Å². The van der Waals surface area contributed by atoms with Gasteiger partial charge in [-0.15, -0.1) is 0 Å². The van der Waals surface area contributed by atoms with Crippen LogP contribution >= 0.6 is 0 Å². The number of nitrogens with one attached hydrogen (secondary N) is 2. The molecule has 0 fully saturated rings. The third kappa shape index (κ3) is 4.67. The van der Waals surface area contributed by atoms with Crippen molar-refractivity contribution in [2.45, 2.75) is 26.7 Å². The van der Waals surface area contributed by atoms with Crippen molar-refractivity contribution in [3.05, 3.63) is 95.7 Å². The average Bonchev–Trinajstić information content (AvgIpc) is 2.82. The molecule has 0 saturated heterocycles. The lowest BCUT2D eigenvalue weighted by Gasteiger charge is -2.13. The summed E-state index contributed by atoms with van der Waals surface area (Å²) in [5.41, 5.74) is 5.96. The van der Waals surface area contributed by atoms with Gasteiger partial charge in [-0.25, -0.2) is 0 Å². The topological polar surface area (TPSA) is 71.1 Å². The Morgan fingerprint density at radius 3 is 2.41 bits per heavy atom. The maximum Gasteiger partial charge on any atom is 0.228 e. The number of rotatable bonds is 7. The molecule has 5 nitrogen and oxygen atoms in total. The molecule has 0 unspecified atom stereocenters. The zero-order valence-corrected chi connectivity index (χ0v) is 18.2. The highest BCUT2D eigenvalue weighted by atomic mass is 16.1. The van der Waals surface area contributed by atoms with Gasteiger partial charge in [0.15, 0.2) is 5.78 Å². The van der Waals surface area contributed by atoms with E-state index in [-0.39, 0.29) is 18.1 Å². The van der Waals surface area contributed by atoms with Gasteiger partial charge in [0.2, 0.25) is 5.91 Å². The van der Waals surface area contributed by atoms with Crippen LogP contribution in [0.2, 0.25) is 0 Å². The Morgan fingerprint density at radius 2 is 1.62 bits per heavy atom. The molecule has 4 aromatic rings. The molecule has 5 heteroatoms. The van der Waals surface area contributed by atoms with Crippen LogP contribution in [-0.2, 0) is 11.2 Å². The summed E-state index contributed by atoms with van der Waals surface area (Å²) in [5.74, 6) is -0.145. The molecule has 160 valence electrons. The van der Waals surface area contributed by atoms with Gasteiger partial charge in [-0.1, -0.05) is 49.4 Å². The predicted molar refractivity (Wildman–Crippen MR) is 130 cm³/mol. The second kappa shape index (κ2) is 9.43. The minimum Gasteiger partial charge on any atom is -0.355 e. The number of carbonyl (C=O) groups is 2. The molecule has 0 bridgehead atoms. The fraction of sp³-hybridized carbons (Fsp3) is 0.148. The van der Waals surface area contributed by atoms with Crippen molar-refractivity contribution in [1.29, 1.82) is 0 Å². The Hall–Kier alpha value is -3.99. The van der Waals surface area contributed by atoms with Crippen molar-refractivity contribution in [2.75, 3.05) is 10.6 Å². The normalized spacial score (nSPS) is 10.7. The highest BCUT2D eigenvalue weighted by Gasteiger charge is 2.12. The molecule has 1 amide bonds. The number of hydrogen-bond donors (Lipinski definition) is 2. The summed E-state index contributed by atoms with van der Waals surface area (Å²) in [4.78, 5) is 29.2. The number of aryl methyl sites for hydroxylation is 1. The summed E-state index contributed by atoms with van der Waals surface area (Å²) in [6, 6.07) is 22.9. The number of Topliss-reactive ketones (excluding diaryl/α,β-unsaturated/α-hetero) is 1. The number of pyridine rings is 1. The minimum absolute atomic E-state index is 0.00950. The number of amides is 1. The van der Waals surface area contributed by atoms with Gasteiger partial charge in [0.25, 0.3) is 0 Å². The van der Waals surface area contributed by atoms with Crippen molar-refractivity contribution in [2.24, 2.45) is 0 Å². The number of hydrogen-bond acceptors (Lipinski definition) is 4. The highest BCUT2D eigenvalue weighted by Crippen LogP contribution is 2.28. The third-order valence-corrected chi connectivity index (χ3v) is 5.38. The van der Waals surface area contributed by atoms with E-state index < -0.39 is 0 Å². The first kappa shape index (κ1) is 21.2. The molecular formula is C27H25N3O2. The third-order valence-electron chi connectivity index (χ3n) is 5.38. The first-order valence-corrected chi connectivity index (χ1v) is 10.7. The van der Waals surface area contributed by atoms with Gasteiger partial charge in [-0.05, 0) is 48.4 Å². The molecule has 32 heavy (non-hydrogen) atoms. The van der Waals surface area contributed by atoms with Crippen LogP contribution in [0.3, 0.4) is 0 Å². The second-order valence-electron chi connectivity index (χ2n) is 7.70. The monoisotopic (exact) mass is 423 g/mol. The maximum atomic E-state index is 12.6. The van der Waals surface area contributed by atoms with Crippen molar-refractivity contribution in [3.63, 3.8) is 0 Å². The number of nitrogens with zero attached hydrogens (tertiary/aromatic N) is 1. The van der Waals surface area contributed by atoms with E-state index in [2.05, 4.69) is 21.7 Å². The van der Waals surface area contributed by atoms with E-state index in [4.69, 9.17) is 0 Å². The molecule has 0 spiro atoms. The molecule has 3 aromatic carbocycles. The van der Waals surface area contributed by atoms with Crippen LogP contribution in [0.4, 0.5) is 17.1 Å². The van der Waals surface area contributed by atoms with Crippen molar-refractivity contribution in [3.8, 4) is 0 Å². The van der Waals surface area contributed by atoms with Crippen LogP contribution in [-0.4, -0.2) is 16.7 Å². The first-order valence-electron chi connectivity index (χ1n) is 10.7. The molecule has 4 rings (SSSR count). The zero-order valence-electron chi connectivity index (χ0n) is 18.2. The summed E-state index contributed by atoms with van der Waals surface area (Å²) in [6.45, 7) is 3.84. The Morgan fingerprint density at radius 1 is 0.906 bits per heavy atom. The highest BCUT2D eigenvalue weighted by molar-refractivity contribution is 6.05. The Balaban J connectivity index is 1.46. The fourth-order valence-electron chi connectivity index (χ4n) is 3.66. The SMILES string of the molecule is CCC(=O)c1ccccc1NC(=O)Cc1ccc(Nc2c(C)cnc3ccccc23)cc1. The van der Waals surface area contributed by atoms with E-state index >= 15 is 0 Å². The summed E-state index contributed by atoms with van der Waals surface area (Å²) in [5, 5.41) is 7.42. The van der Waals surface area contributed by atoms with Crippen LogP contribution in [0, 0.1) is 6.92 Å². The van der Waals surface area contributed by atoms with E-state index in [1.54, 1.807) is 18.2 Å². The van der Waals surface area contributed by atoms with Gasteiger partial charge in [-0.3, -0.25) is 14.6 Å². The summed E-state index contributed by atoms with van der Waals surface area (Å²) >= 11 is 0. The first-order chi connectivity index (χ1) is 15.5. The number of fused-ring (bicyclic) bond motifs is 1. The molecule has 0 radical (unpaired) electrons. The second-order valence-corrected chi connectivity index (χ2v) is 7.70. The van der Waals surface area contributed by atoms with Crippen LogP contribution < -0.4 is 10.6 Å². The lowest BCUT2D eigenvalue weighted by Crippen LogP contribution is -2.16. The number of anilines is 3. The Kier molecular flexibility index (Phi) is 6.26.